The first kappa shape index (κ1) is 19.8. The lowest BCUT2D eigenvalue weighted by atomic mass is 10.1. The van der Waals surface area contributed by atoms with E-state index in [0.29, 0.717) is 23.0 Å². The summed E-state index contributed by atoms with van der Waals surface area (Å²) in [7, 11) is 0. The van der Waals surface area contributed by atoms with E-state index in [9.17, 15) is 9.59 Å². The molecule has 7 heteroatoms. The molecule has 0 saturated carbocycles. The second kappa shape index (κ2) is 8.84. The number of aryl methyl sites for hydroxylation is 2. The Labute approximate surface area is 167 Å². The average Bonchev–Trinajstić information content (AvgIpc) is 3.04. The Kier molecular flexibility index (Phi) is 6.26. The molecule has 2 amide bonds. The number of carbonyl (C=O) groups is 2. The van der Waals surface area contributed by atoms with Crippen LogP contribution < -0.4 is 15.4 Å². The van der Waals surface area contributed by atoms with Crippen molar-refractivity contribution in [1.29, 1.82) is 0 Å². The second-order valence-corrected chi connectivity index (χ2v) is 7.61. The number of hydrogen-bond acceptors (Lipinski definition) is 5. The molecule has 2 N–H and O–H groups in total. The molecule has 0 bridgehead atoms. The average molecular weight is 398 g/mol. The predicted molar refractivity (Wildman–Crippen MR) is 113 cm³/mol. The largest absolute Gasteiger partial charge is 0.484 e. The molecule has 0 saturated heterocycles. The molecule has 0 aliphatic carbocycles. The highest BCUT2D eigenvalue weighted by molar-refractivity contribution is 7.22. The molecule has 1 heterocycles. The molecular weight excluding hydrogens is 374 g/mol. The molecule has 146 valence electrons. The van der Waals surface area contributed by atoms with E-state index in [1.807, 2.05) is 51.1 Å². The van der Waals surface area contributed by atoms with E-state index < -0.39 is 0 Å². The Morgan fingerprint density at radius 2 is 1.86 bits per heavy atom. The highest BCUT2D eigenvalue weighted by atomic mass is 32.1. The highest BCUT2D eigenvalue weighted by Gasteiger charge is 2.10. The van der Waals surface area contributed by atoms with Gasteiger partial charge in [-0.25, -0.2) is 4.98 Å². The van der Waals surface area contributed by atoms with Gasteiger partial charge in [-0.2, -0.15) is 0 Å². The number of amides is 2. The van der Waals surface area contributed by atoms with Gasteiger partial charge in [0.1, 0.15) is 5.75 Å². The van der Waals surface area contributed by atoms with Crippen molar-refractivity contribution in [3.63, 3.8) is 0 Å². The van der Waals surface area contributed by atoms with Crippen LogP contribution in [0.25, 0.3) is 10.2 Å². The maximum absolute atomic E-state index is 12.2. The standard InChI is InChI=1S/C21H23N3O3S/c1-4-5-19(25)24-21-23-17-9-7-15(11-18(17)28-21)22-20(26)12-27-16-8-6-13(2)14(3)10-16/h6-11H,4-5,12H2,1-3H3,(H,22,26)(H,23,24,25). The number of anilines is 2. The van der Waals surface area contributed by atoms with Crippen LogP contribution in [0.3, 0.4) is 0 Å². The first-order chi connectivity index (χ1) is 13.4. The third-order valence-corrected chi connectivity index (χ3v) is 5.18. The molecule has 0 atom stereocenters. The van der Waals surface area contributed by atoms with Gasteiger partial charge >= 0.3 is 0 Å². The molecule has 28 heavy (non-hydrogen) atoms. The van der Waals surface area contributed by atoms with Crippen molar-refractivity contribution in [3.05, 3.63) is 47.5 Å². The van der Waals surface area contributed by atoms with Crippen molar-refractivity contribution in [1.82, 2.24) is 4.98 Å². The normalized spacial score (nSPS) is 10.7. The van der Waals surface area contributed by atoms with E-state index in [1.54, 1.807) is 6.07 Å². The molecule has 0 unspecified atom stereocenters. The Bertz CT molecular complexity index is 1010. The van der Waals surface area contributed by atoms with Gasteiger partial charge in [-0.15, -0.1) is 0 Å². The van der Waals surface area contributed by atoms with Crippen molar-refractivity contribution in [3.8, 4) is 5.75 Å². The van der Waals surface area contributed by atoms with E-state index in [0.717, 1.165) is 22.2 Å². The quantitative estimate of drug-likeness (QED) is 0.607. The van der Waals surface area contributed by atoms with Crippen LogP contribution in [-0.4, -0.2) is 23.4 Å². The van der Waals surface area contributed by atoms with Gasteiger partial charge in [0, 0.05) is 12.1 Å². The number of fused-ring (bicyclic) bond motifs is 1. The SMILES string of the molecule is CCCC(=O)Nc1nc2ccc(NC(=O)COc3ccc(C)c(C)c3)cc2s1. The summed E-state index contributed by atoms with van der Waals surface area (Å²) in [6.45, 7) is 5.92. The summed E-state index contributed by atoms with van der Waals surface area (Å²) in [6, 6.07) is 11.2. The Morgan fingerprint density at radius 3 is 2.61 bits per heavy atom. The van der Waals surface area contributed by atoms with Crippen LogP contribution in [0.4, 0.5) is 10.8 Å². The number of aromatic nitrogens is 1. The number of nitrogens with one attached hydrogen (secondary N) is 2. The minimum Gasteiger partial charge on any atom is -0.484 e. The van der Waals surface area contributed by atoms with E-state index in [2.05, 4.69) is 15.6 Å². The van der Waals surface area contributed by atoms with Crippen LogP contribution in [0, 0.1) is 13.8 Å². The first-order valence-electron chi connectivity index (χ1n) is 9.15. The fourth-order valence-electron chi connectivity index (χ4n) is 2.61. The van der Waals surface area contributed by atoms with Crippen LogP contribution >= 0.6 is 11.3 Å². The van der Waals surface area contributed by atoms with Gasteiger partial charge < -0.3 is 15.4 Å². The highest BCUT2D eigenvalue weighted by Crippen LogP contribution is 2.28. The molecule has 6 nitrogen and oxygen atoms in total. The summed E-state index contributed by atoms with van der Waals surface area (Å²) in [4.78, 5) is 28.3. The van der Waals surface area contributed by atoms with Crippen molar-refractivity contribution in [2.75, 3.05) is 17.2 Å². The van der Waals surface area contributed by atoms with Gasteiger partial charge in [-0.3, -0.25) is 9.59 Å². The van der Waals surface area contributed by atoms with Gasteiger partial charge in [-0.1, -0.05) is 24.3 Å². The number of hydrogen-bond donors (Lipinski definition) is 2. The first-order valence-corrected chi connectivity index (χ1v) is 9.96. The van der Waals surface area contributed by atoms with Gasteiger partial charge in [0.15, 0.2) is 11.7 Å². The van der Waals surface area contributed by atoms with Crippen LogP contribution in [0.2, 0.25) is 0 Å². The van der Waals surface area contributed by atoms with Gasteiger partial charge in [0.05, 0.1) is 10.2 Å². The lowest BCUT2D eigenvalue weighted by Crippen LogP contribution is -2.20. The maximum Gasteiger partial charge on any atom is 0.262 e. The molecule has 2 aromatic carbocycles. The van der Waals surface area contributed by atoms with Crippen molar-refractivity contribution in [2.24, 2.45) is 0 Å². The van der Waals surface area contributed by atoms with Crippen LogP contribution in [0.15, 0.2) is 36.4 Å². The van der Waals surface area contributed by atoms with Crippen LogP contribution in [-0.2, 0) is 9.59 Å². The predicted octanol–water partition coefficient (Wildman–Crippen LogP) is 4.67. The molecule has 3 rings (SSSR count). The fraction of sp³-hybridized carbons (Fsp3) is 0.286. The number of ether oxygens (including phenoxy) is 1. The monoisotopic (exact) mass is 397 g/mol. The number of nitrogens with zero attached hydrogens (tertiary/aromatic N) is 1. The van der Waals surface area contributed by atoms with Crippen molar-refractivity contribution >= 4 is 44.2 Å². The van der Waals surface area contributed by atoms with E-state index >= 15 is 0 Å². The van der Waals surface area contributed by atoms with E-state index in [-0.39, 0.29) is 18.4 Å². The minimum atomic E-state index is -0.237. The summed E-state index contributed by atoms with van der Waals surface area (Å²) in [5.41, 5.74) is 3.74. The van der Waals surface area contributed by atoms with Gasteiger partial charge in [0.2, 0.25) is 5.91 Å². The molecule has 0 radical (unpaired) electrons. The van der Waals surface area contributed by atoms with Crippen molar-refractivity contribution < 1.29 is 14.3 Å². The minimum absolute atomic E-state index is 0.0430. The molecule has 0 aliphatic heterocycles. The second-order valence-electron chi connectivity index (χ2n) is 6.58. The molecule has 3 aromatic rings. The van der Waals surface area contributed by atoms with E-state index in [1.165, 1.54) is 16.9 Å². The third-order valence-electron chi connectivity index (χ3n) is 4.24. The molecule has 1 aromatic heterocycles. The number of carbonyl (C=O) groups excluding carboxylic acids is 2. The molecule has 0 fully saturated rings. The smallest absolute Gasteiger partial charge is 0.262 e. The molecule has 0 spiro atoms. The zero-order valence-electron chi connectivity index (χ0n) is 16.2. The van der Waals surface area contributed by atoms with Gasteiger partial charge in [-0.05, 0) is 61.7 Å². The molecule has 0 aliphatic rings. The Morgan fingerprint density at radius 1 is 1.04 bits per heavy atom. The summed E-state index contributed by atoms with van der Waals surface area (Å²) in [5, 5.41) is 6.19. The summed E-state index contributed by atoms with van der Waals surface area (Å²) in [5.74, 6) is 0.390. The number of rotatable bonds is 7. The Hall–Kier alpha value is -2.93. The zero-order valence-corrected chi connectivity index (χ0v) is 17.0. The van der Waals surface area contributed by atoms with Crippen LogP contribution in [0.5, 0.6) is 5.75 Å². The maximum atomic E-state index is 12.2. The van der Waals surface area contributed by atoms with Crippen molar-refractivity contribution in [2.45, 2.75) is 33.6 Å². The lowest BCUT2D eigenvalue weighted by molar-refractivity contribution is -0.118. The summed E-state index contributed by atoms with van der Waals surface area (Å²) in [6.07, 6.45) is 1.26. The zero-order chi connectivity index (χ0) is 20.1. The summed E-state index contributed by atoms with van der Waals surface area (Å²) >= 11 is 1.38. The van der Waals surface area contributed by atoms with Gasteiger partial charge in [0.25, 0.3) is 5.91 Å². The fourth-order valence-corrected chi connectivity index (χ4v) is 3.54. The summed E-state index contributed by atoms with van der Waals surface area (Å²) < 4.78 is 6.45. The Balaban J connectivity index is 1.60. The topological polar surface area (TPSA) is 80.3 Å². The molecular formula is C21H23N3O3S. The number of benzene rings is 2. The van der Waals surface area contributed by atoms with E-state index in [4.69, 9.17) is 4.74 Å². The third kappa shape index (κ3) is 5.07. The lowest BCUT2D eigenvalue weighted by Gasteiger charge is -2.09. The number of thiazole rings is 1. The van der Waals surface area contributed by atoms with Crippen LogP contribution in [0.1, 0.15) is 30.9 Å².